The first-order valence-electron chi connectivity index (χ1n) is 10.4. The summed E-state index contributed by atoms with van der Waals surface area (Å²) < 4.78 is 7.16. The van der Waals surface area contributed by atoms with E-state index in [1.54, 1.807) is 18.4 Å². The van der Waals surface area contributed by atoms with Gasteiger partial charge < -0.3 is 4.42 Å². The predicted octanol–water partition coefficient (Wildman–Crippen LogP) is 4.28. The van der Waals surface area contributed by atoms with E-state index in [0.29, 0.717) is 29.3 Å². The summed E-state index contributed by atoms with van der Waals surface area (Å²) in [6.45, 7) is 8.65. The van der Waals surface area contributed by atoms with Crippen LogP contribution in [-0.4, -0.2) is 15.5 Å². The molecule has 0 fully saturated rings. The third-order valence-corrected chi connectivity index (χ3v) is 5.51. The number of rotatable bonds is 6. The molecule has 2 aromatic carbocycles. The highest BCUT2D eigenvalue weighted by atomic mass is 16.3. The fourth-order valence-electron chi connectivity index (χ4n) is 3.90. The quantitative estimate of drug-likeness (QED) is 0.456. The van der Waals surface area contributed by atoms with Crippen LogP contribution in [-0.2, 0) is 17.8 Å². The second-order valence-corrected chi connectivity index (χ2v) is 7.97. The molecule has 0 atom stereocenters. The van der Waals surface area contributed by atoms with Crippen LogP contribution in [0.1, 0.15) is 43.4 Å². The highest BCUT2D eigenvalue weighted by Crippen LogP contribution is 2.29. The number of anilines is 1. The van der Waals surface area contributed by atoms with Gasteiger partial charge in [-0.25, -0.2) is 4.98 Å². The van der Waals surface area contributed by atoms with Crippen molar-refractivity contribution in [1.82, 2.24) is 15.0 Å². The second-order valence-electron chi connectivity index (χ2n) is 7.97. The lowest BCUT2D eigenvalue weighted by molar-refractivity contribution is -0.119. The monoisotopic (exact) mass is 418 g/mol. The smallest absolute Gasteiger partial charge is 0.262 e. The van der Waals surface area contributed by atoms with Gasteiger partial charge in [-0.2, -0.15) is 0 Å². The minimum atomic E-state index is -0.251. The summed E-state index contributed by atoms with van der Waals surface area (Å²) in [6, 6.07) is 11.3. The Kier molecular flexibility index (Phi) is 5.50. The van der Waals surface area contributed by atoms with Gasteiger partial charge in [0.1, 0.15) is 5.58 Å². The summed E-state index contributed by atoms with van der Waals surface area (Å²) >= 11 is 0. The third kappa shape index (κ3) is 3.91. The molecule has 7 nitrogen and oxygen atoms in total. The number of para-hydroxylation sites is 1. The number of nitrogens with zero attached hydrogens (tertiary/aromatic N) is 2. The van der Waals surface area contributed by atoms with Crippen LogP contribution in [0.3, 0.4) is 0 Å². The zero-order chi connectivity index (χ0) is 22.1. The van der Waals surface area contributed by atoms with E-state index in [1.165, 1.54) is 15.7 Å². The molecule has 4 rings (SSSR count). The van der Waals surface area contributed by atoms with Crippen molar-refractivity contribution in [1.29, 1.82) is 0 Å². The van der Waals surface area contributed by atoms with Crippen molar-refractivity contribution >= 4 is 33.7 Å². The van der Waals surface area contributed by atoms with E-state index in [2.05, 4.69) is 42.7 Å². The average Bonchev–Trinajstić information content (AvgIpc) is 3.13. The summed E-state index contributed by atoms with van der Waals surface area (Å²) in [5.74, 6) is 0.432. The predicted molar refractivity (Wildman–Crippen MR) is 122 cm³/mol. The number of hydrogen-bond acceptors (Lipinski definition) is 5. The molecule has 0 saturated carbocycles. The van der Waals surface area contributed by atoms with Gasteiger partial charge in [-0.3, -0.25) is 25.0 Å². The molecular weight excluding hydrogens is 392 g/mol. The normalized spacial score (nSPS) is 11.4. The highest BCUT2D eigenvalue weighted by Gasteiger charge is 2.15. The van der Waals surface area contributed by atoms with E-state index in [9.17, 15) is 9.59 Å². The first-order chi connectivity index (χ1) is 14.9. The standard InChI is InChI=1S/C24H26N4O3/c1-5-28-23(30)17-8-6-7-9-20(17)25-24(28)27-26-22(29)11-16-13-31-21-10-15(4)18(14(2)3)12-19(16)21/h6-10,12-14H,5,11H2,1-4H3,(H,25,27)(H,26,29). The van der Waals surface area contributed by atoms with Crippen molar-refractivity contribution in [3.05, 3.63) is 69.7 Å². The number of carbonyl (C=O) groups excluding carboxylic acids is 1. The highest BCUT2D eigenvalue weighted by molar-refractivity contribution is 5.89. The SMILES string of the molecule is CCn1c(NNC(=O)Cc2coc3cc(C)c(C(C)C)cc23)nc2ccccc2c1=O. The summed E-state index contributed by atoms with van der Waals surface area (Å²) in [5.41, 5.74) is 9.91. The number of furan rings is 1. The van der Waals surface area contributed by atoms with Crippen LogP contribution in [0.25, 0.3) is 21.9 Å². The van der Waals surface area contributed by atoms with Gasteiger partial charge in [0.05, 0.1) is 23.6 Å². The second kappa shape index (κ2) is 8.26. The van der Waals surface area contributed by atoms with E-state index in [4.69, 9.17) is 4.42 Å². The molecule has 0 bridgehead atoms. The molecule has 0 saturated heterocycles. The van der Waals surface area contributed by atoms with Gasteiger partial charge >= 0.3 is 0 Å². The van der Waals surface area contributed by atoms with Crippen molar-refractivity contribution in [3.8, 4) is 0 Å². The number of amides is 1. The van der Waals surface area contributed by atoms with Gasteiger partial charge in [-0.05, 0) is 55.2 Å². The Hall–Kier alpha value is -3.61. The molecule has 2 heterocycles. The van der Waals surface area contributed by atoms with Crippen molar-refractivity contribution in [2.24, 2.45) is 0 Å². The molecule has 160 valence electrons. The maximum Gasteiger partial charge on any atom is 0.262 e. The molecular formula is C24H26N4O3. The first kappa shape index (κ1) is 20.7. The Morgan fingerprint density at radius 3 is 2.71 bits per heavy atom. The van der Waals surface area contributed by atoms with Crippen molar-refractivity contribution in [3.63, 3.8) is 0 Å². The molecule has 0 spiro atoms. The van der Waals surface area contributed by atoms with Gasteiger partial charge in [0.15, 0.2) is 0 Å². The lowest BCUT2D eigenvalue weighted by atomic mass is 9.95. The van der Waals surface area contributed by atoms with Crippen molar-refractivity contribution in [2.45, 2.75) is 46.6 Å². The van der Waals surface area contributed by atoms with E-state index in [1.807, 2.05) is 25.1 Å². The molecule has 0 aliphatic heterocycles. The minimum absolute atomic E-state index is 0.143. The number of nitrogens with one attached hydrogen (secondary N) is 2. The topological polar surface area (TPSA) is 89.2 Å². The van der Waals surface area contributed by atoms with Gasteiger partial charge in [0.2, 0.25) is 11.9 Å². The Morgan fingerprint density at radius 1 is 1.19 bits per heavy atom. The number of hydrogen-bond donors (Lipinski definition) is 2. The lowest BCUT2D eigenvalue weighted by Gasteiger charge is -2.14. The zero-order valence-corrected chi connectivity index (χ0v) is 18.2. The molecule has 0 radical (unpaired) electrons. The van der Waals surface area contributed by atoms with Gasteiger partial charge in [-0.1, -0.05) is 26.0 Å². The molecule has 31 heavy (non-hydrogen) atoms. The molecule has 2 aromatic heterocycles. The largest absolute Gasteiger partial charge is 0.464 e. The van der Waals surface area contributed by atoms with Crippen LogP contribution in [0.4, 0.5) is 5.95 Å². The van der Waals surface area contributed by atoms with Crippen LogP contribution < -0.4 is 16.4 Å². The summed E-state index contributed by atoms with van der Waals surface area (Å²) in [4.78, 5) is 29.8. The number of aryl methyl sites for hydroxylation is 1. The average molecular weight is 418 g/mol. The Labute approximate surface area is 180 Å². The van der Waals surface area contributed by atoms with Crippen LogP contribution in [0.15, 0.2) is 51.9 Å². The van der Waals surface area contributed by atoms with Crippen LogP contribution in [0.2, 0.25) is 0 Å². The van der Waals surface area contributed by atoms with E-state index in [0.717, 1.165) is 16.5 Å². The molecule has 1 amide bonds. The zero-order valence-electron chi connectivity index (χ0n) is 18.2. The first-order valence-corrected chi connectivity index (χ1v) is 10.4. The van der Waals surface area contributed by atoms with Crippen LogP contribution >= 0.6 is 0 Å². The number of benzene rings is 2. The van der Waals surface area contributed by atoms with Crippen LogP contribution in [0.5, 0.6) is 0 Å². The molecule has 0 aliphatic carbocycles. The Morgan fingerprint density at radius 2 is 1.97 bits per heavy atom. The molecule has 0 aliphatic rings. The van der Waals surface area contributed by atoms with Crippen LogP contribution in [0, 0.1) is 6.92 Å². The number of fused-ring (bicyclic) bond motifs is 2. The van der Waals surface area contributed by atoms with Gasteiger partial charge in [0.25, 0.3) is 5.56 Å². The minimum Gasteiger partial charge on any atom is -0.464 e. The maximum absolute atomic E-state index is 12.7. The number of aromatic nitrogens is 2. The fourth-order valence-corrected chi connectivity index (χ4v) is 3.90. The Bertz CT molecular complexity index is 1330. The number of carbonyl (C=O) groups is 1. The van der Waals surface area contributed by atoms with Gasteiger partial charge in [0, 0.05) is 17.5 Å². The molecule has 4 aromatic rings. The molecule has 0 unspecified atom stereocenters. The summed E-state index contributed by atoms with van der Waals surface area (Å²) in [6.07, 6.45) is 1.77. The number of hydrazine groups is 1. The van der Waals surface area contributed by atoms with E-state index >= 15 is 0 Å². The Balaban J connectivity index is 1.55. The third-order valence-electron chi connectivity index (χ3n) is 5.51. The van der Waals surface area contributed by atoms with Gasteiger partial charge in [-0.15, -0.1) is 0 Å². The summed E-state index contributed by atoms with van der Waals surface area (Å²) in [5, 5.41) is 1.49. The van der Waals surface area contributed by atoms with Crippen molar-refractivity contribution in [2.75, 3.05) is 5.43 Å². The van der Waals surface area contributed by atoms with E-state index in [-0.39, 0.29) is 17.9 Å². The summed E-state index contributed by atoms with van der Waals surface area (Å²) in [7, 11) is 0. The molecule has 2 N–H and O–H groups in total. The lowest BCUT2D eigenvalue weighted by Crippen LogP contribution is -2.35. The fraction of sp³-hybridized carbons (Fsp3) is 0.292. The van der Waals surface area contributed by atoms with E-state index < -0.39 is 0 Å². The van der Waals surface area contributed by atoms with Crippen molar-refractivity contribution < 1.29 is 9.21 Å². The molecule has 7 heteroatoms. The maximum atomic E-state index is 12.7.